The third-order valence-electron chi connectivity index (χ3n) is 4.11. The molecular formula is C14H17BF4O6S. The lowest BCUT2D eigenvalue weighted by Gasteiger charge is -2.31. The predicted octanol–water partition coefficient (Wildman–Crippen LogP) is 3.16. The Morgan fingerprint density at radius 2 is 1.65 bits per heavy atom. The van der Waals surface area contributed by atoms with Gasteiger partial charge in [0.2, 0.25) is 0 Å². The standard InChI is InChI=1S/C14H17BF4O6S/c1-12(2)13(3,4)25-15(24-12)22-8-9-7-10(16)5-6-11(9)23-26(20,21)14(17,18)19/h5-7H,8H2,1-4H3. The number of hydrogen-bond donors (Lipinski definition) is 0. The molecule has 26 heavy (non-hydrogen) atoms. The van der Waals surface area contributed by atoms with Crippen molar-refractivity contribution >= 4 is 17.4 Å². The monoisotopic (exact) mass is 400 g/mol. The van der Waals surface area contributed by atoms with E-state index in [9.17, 15) is 26.0 Å². The van der Waals surface area contributed by atoms with Crippen molar-refractivity contribution in [2.75, 3.05) is 0 Å². The van der Waals surface area contributed by atoms with Crippen LogP contribution in [-0.2, 0) is 30.7 Å². The van der Waals surface area contributed by atoms with Crippen LogP contribution >= 0.6 is 0 Å². The van der Waals surface area contributed by atoms with Crippen molar-refractivity contribution in [1.82, 2.24) is 0 Å². The van der Waals surface area contributed by atoms with Gasteiger partial charge in [-0.2, -0.15) is 21.6 Å². The van der Waals surface area contributed by atoms with E-state index in [2.05, 4.69) is 4.18 Å². The van der Waals surface area contributed by atoms with Crippen LogP contribution in [0.2, 0.25) is 0 Å². The van der Waals surface area contributed by atoms with Crippen LogP contribution in [0.15, 0.2) is 18.2 Å². The quantitative estimate of drug-likeness (QED) is 0.327. The molecule has 0 unspecified atom stereocenters. The number of benzene rings is 1. The van der Waals surface area contributed by atoms with E-state index in [4.69, 9.17) is 14.0 Å². The zero-order valence-electron chi connectivity index (χ0n) is 14.4. The van der Waals surface area contributed by atoms with Crippen molar-refractivity contribution in [3.63, 3.8) is 0 Å². The minimum Gasteiger partial charge on any atom is -0.382 e. The molecule has 12 heteroatoms. The number of rotatable bonds is 5. The molecule has 1 aliphatic heterocycles. The summed E-state index contributed by atoms with van der Waals surface area (Å²) in [7, 11) is -7.07. The van der Waals surface area contributed by atoms with Crippen LogP contribution in [0.1, 0.15) is 33.3 Å². The zero-order valence-corrected chi connectivity index (χ0v) is 15.2. The first kappa shape index (κ1) is 20.9. The normalized spacial score (nSPS) is 19.6. The van der Waals surface area contributed by atoms with Crippen molar-refractivity contribution in [3.8, 4) is 5.75 Å². The minimum atomic E-state index is -5.90. The van der Waals surface area contributed by atoms with Gasteiger partial charge >= 0.3 is 22.9 Å². The lowest BCUT2D eigenvalue weighted by molar-refractivity contribution is -0.0500. The molecule has 0 bridgehead atoms. The Balaban J connectivity index is 2.17. The van der Waals surface area contributed by atoms with Gasteiger partial charge in [0.25, 0.3) is 0 Å². The van der Waals surface area contributed by atoms with Crippen molar-refractivity contribution in [3.05, 3.63) is 29.6 Å². The SMILES string of the molecule is CC1(C)OB(OCc2cc(F)ccc2OS(=O)(=O)C(F)(F)F)OC1(C)C. The fraction of sp³-hybridized carbons (Fsp3) is 0.571. The van der Waals surface area contributed by atoms with Crippen LogP contribution in [0, 0.1) is 5.82 Å². The Kier molecular flexibility index (Phi) is 5.37. The van der Waals surface area contributed by atoms with Gasteiger partial charge in [-0.15, -0.1) is 0 Å². The Morgan fingerprint density at radius 1 is 1.12 bits per heavy atom. The molecular weight excluding hydrogens is 383 g/mol. The van der Waals surface area contributed by atoms with E-state index < -0.39 is 52.3 Å². The average Bonchev–Trinajstić information content (AvgIpc) is 2.65. The number of alkyl halides is 3. The fourth-order valence-corrected chi connectivity index (χ4v) is 2.42. The van der Waals surface area contributed by atoms with Crippen LogP contribution in [0.25, 0.3) is 0 Å². The highest BCUT2D eigenvalue weighted by Crippen LogP contribution is 2.37. The highest BCUT2D eigenvalue weighted by Gasteiger charge is 2.53. The maximum atomic E-state index is 13.4. The van der Waals surface area contributed by atoms with E-state index in [-0.39, 0.29) is 5.56 Å². The molecule has 0 aromatic heterocycles. The summed E-state index contributed by atoms with van der Waals surface area (Å²) in [6.45, 7) is 6.51. The van der Waals surface area contributed by atoms with Crippen LogP contribution in [0.5, 0.6) is 5.75 Å². The molecule has 0 atom stereocenters. The molecule has 0 amide bonds. The first-order valence-electron chi connectivity index (χ1n) is 7.41. The van der Waals surface area contributed by atoms with Gasteiger partial charge in [-0.3, -0.25) is 0 Å². The number of halogens is 4. The minimum absolute atomic E-state index is 0.257. The van der Waals surface area contributed by atoms with Gasteiger partial charge in [0, 0.05) is 5.56 Å². The lowest BCUT2D eigenvalue weighted by atomic mass is 9.90. The lowest BCUT2D eigenvalue weighted by Crippen LogP contribution is -2.41. The summed E-state index contributed by atoms with van der Waals surface area (Å²) in [6.07, 6.45) is 0. The summed E-state index contributed by atoms with van der Waals surface area (Å²) in [5.41, 5.74) is -7.32. The maximum Gasteiger partial charge on any atom is 0.640 e. The van der Waals surface area contributed by atoms with Gasteiger partial charge in [-0.25, -0.2) is 4.39 Å². The smallest absolute Gasteiger partial charge is 0.382 e. The molecule has 146 valence electrons. The van der Waals surface area contributed by atoms with Crippen molar-refractivity contribution in [1.29, 1.82) is 0 Å². The van der Waals surface area contributed by atoms with E-state index in [1.807, 2.05) is 0 Å². The van der Waals surface area contributed by atoms with Crippen molar-refractivity contribution in [2.24, 2.45) is 0 Å². The third-order valence-corrected chi connectivity index (χ3v) is 5.08. The Bertz CT molecular complexity index is 762. The van der Waals surface area contributed by atoms with Crippen LogP contribution in [-0.4, -0.2) is 32.4 Å². The van der Waals surface area contributed by atoms with Crippen LogP contribution in [0.3, 0.4) is 0 Å². The molecule has 0 N–H and O–H groups in total. The summed E-state index contributed by atoms with van der Waals surface area (Å²) in [4.78, 5) is 0. The van der Waals surface area contributed by atoms with E-state index >= 15 is 0 Å². The molecule has 1 aliphatic rings. The van der Waals surface area contributed by atoms with Gasteiger partial charge in [0.15, 0.2) is 0 Å². The summed E-state index contributed by atoms with van der Waals surface area (Å²) in [6, 6.07) is 2.33. The molecule has 1 aromatic carbocycles. The highest BCUT2D eigenvalue weighted by atomic mass is 32.2. The molecule has 0 saturated carbocycles. The van der Waals surface area contributed by atoms with Crippen LogP contribution in [0.4, 0.5) is 17.6 Å². The predicted molar refractivity (Wildman–Crippen MR) is 82.9 cm³/mol. The Hall–Kier alpha value is -1.37. The van der Waals surface area contributed by atoms with Gasteiger partial charge in [0.1, 0.15) is 11.6 Å². The molecule has 0 radical (unpaired) electrons. The second kappa shape index (κ2) is 6.66. The molecule has 2 rings (SSSR count). The Labute approximate surface area is 148 Å². The van der Waals surface area contributed by atoms with E-state index in [1.165, 1.54) is 0 Å². The van der Waals surface area contributed by atoms with Crippen molar-refractivity contribution < 1.29 is 44.1 Å². The summed E-state index contributed by atoms with van der Waals surface area (Å²) in [5, 5.41) is 0. The largest absolute Gasteiger partial charge is 0.640 e. The zero-order chi connectivity index (χ0) is 20.0. The topological polar surface area (TPSA) is 71.1 Å². The summed E-state index contributed by atoms with van der Waals surface area (Å²) >= 11 is 0. The van der Waals surface area contributed by atoms with Crippen LogP contribution < -0.4 is 4.18 Å². The third kappa shape index (κ3) is 4.30. The second-order valence-electron chi connectivity index (χ2n) is 6.59. The van der Waals surface area contributed by atoms with E-state index in [0.717, 1.165) is 18.2 Å². The Morgan fingerprint density at radius 3 is 2.15 bits per heavy atom. The van der Waals surface area contributed by atoms with Gasteiger partial charge < -0.3 is 18.1 Å². The number of hydrogen-bond acceptors (Lipinski definition) is 6. The molecule has 0 spiro atoms. The molecule has 1 heterocycles. The maximum absolute atomic E-state index is 13.4. The summed E-state index contributed by atoms with van der Waals surface area (Å²) < 4.78 is 93.6. The van der Waals surface area contributed by atoms with Gasteiger partial charge in [-0.05, 0) is 45.9 Å². The molecule has 1 aromatic rings. The van der Waals surface area contributed by atoms with Crippen molar-refractivity contribution in [2.45, 2.75) is 51.0 Å². The van der Waals surface area contributed by atoms with E-state index in [0.29, 0.717) is 0 Å². The molecule has 1 saturated heterocycles. The second-order valence-corrected chi connectivity index (χ2v) is 8.13. The average molecular weight is 400 g/mol. The van der Waals surface area contributed by atoms with E-state index in [1.54, 1.807) is 27.7 Å². The van der Waals surface area contributed by atoms with Gasteiger partial charge in [-0.1, -0.05) is 0 Å². The molecule has 0 aliphatic carbocycles. The molecule has 1 fully saturated rings. The van der Waals surface area contributed by atoms with Gasteiger partial charge in [0.05, 0.1) is 17.8 Å². The highest BCUT2D eigenvalue weighted by molar-refractivity contribution is 7.88. The first-order chi connectivity index (χ1) is 11.6. The first-order valence-corrected chi connectivity index (χ1v) is 8.82. The fourth-order valence-electron chi connectivity index (χ4n) is 1.92. The summed E-state index contributed by atoms with van der Waals surface area (Å²) in [5.74, 6) is -1.52. The molecule has 6 nitrogen and oxygen atoms in total.